The lowest BCUT2D eigenvalue weighted by molar-refractivity contribution is -0.138. The molecule has 3 heterocycles. The molecular formula is C21H24ClFN6O2. The lowest BCUT2D eigenvalue weighted by atomic mass is 10.1. The Hall–Kier alpha value is -2.94. The molecule has 0 spiro atoms. The number of amides is 3. The second-order valence-corrected chi connectivity index (χ2v) is 8.25. The van der Waals surface area contributed by atoms with Crippen LogP contribution in [0.1, 0.15) is 30.3 Å². The lowest BCUT2D eigenvalue weighted by Gasteiger charge is -2.41. The maximum absolute atomic E-state index is 14.4. The van der Waals surface area contributed by atoms with Crippen LogP contribution in [0.3, 0.4) is 0 Å². The van der Waals surface area contributed by atoms with Crippen LogP contribution in [0.4, 0.5) is 9.18 Å². The van der Waals surface area contributed by atoms with Gasteiger partial charge in [-0.3, -0.25) is 9.69 Å². The van der Waals surface area contributed by atoms with Crippen LogP contribution in [-0.2, 0) is 11.3 Å². The third-order valence-electron chi connectivity index (χ3n) is 5.61. The molecule has 0 N–H and O–H groups in total. The number of aromatic nitrogens is 2. The molecule has 1 saturated heterocycles. The smallest absolute Gasteiger partial charge is 0.325 e. The van der Waals surface area contributed by atoms with Gasteiger partial charge in [-0.2, -0.15) is 5.10 Å². The van der Waals surface area contributed by atoms with E-state index >= 15 is 0 Å². The molecule has 3 amide bonds. The number of benzene rings is 1. The normalized spacial score (nSPS) is 21.1. The van der Waals surface area contributed by atoms with Crippen LogP contribution in [0.25, 0.3) is 0 Å². The molecule has 1 aromatic carbocycles. The van der Waals surface area contributed by atoms with Gasteiger partial charge >= 0.3 is 6.03 Å². The van der Waals surface area contributed by atoms with Gasteiger partial charge in [0.1, 0.15) is 5.82 Å². The van der Waals surface area contributed by atoms with Gasteiger partial charge in [0.15, 0.2) is 12.2 Å². The van der Waals surface area contributed by atoms with Crippen LogP contribution >= 0.6 is 11.6 Å². The highest BCUT2D eigenvalue weighted by molar-refractivity contribution is 6.31. The summed E-state index contributed by atoms with van der Waals surface area (Å²) in [5, 5.41) is 4.68. The number of rotatable bonds is 4. The van der Waals surface area contributed by atoms with Gasteiger partial charge < -0.3 is 9.80 Å². The Morgan fingerprint density at radius 3 is 2.58 bits per heavy atom. The van der Waals surface area contributed by atoms with Crippen LogP contribution in [0, 0.1) is 19.7 Å². The minimum atomic E-state index is -0.716. The molecule has 0 aliphatic carbocycles. The highest BCUT2D eigenvalue weighted by atomic mass is 35.5. The van der Waals surface area contributed by atoms with E-state index in [-0.39, 0.29) is 17.1 Å². The fourth-order valence-corrected chi connectivity index (χ4v) is 4.36. The molecule has 0 radical (unpaired) electrons. The summed E-state index contributed by atoms with van der Waals surface area (Å²) in [5.74, 6) is -0.461. The molecule has 2 aromatic rings. The fourth-order valence-electron chi connectivity index (χ4n) is 4.14. The Kier molecular flexibility index (Phi) is 5.47. The van der Waals surface area contributed by atoms with Crippen molar-refractivity contribution in [1.82, 2.24) is 24.5 Å². The summed E-state index contributed by atoms with van der Waals surface area (Å²) in [4.78, 5) is 35.6. The molecule has 1 aromatic heterocycles. The number of carbonyl (C=O) groups is 2. The van der Waals surface area contributed by atoms with Crippen LogP contribution in [-0.4, -0.2) is 68.2 Å². The maximum atomic E-state index is 14.4. The maximum Gasteiger partial charge on any atom is 0.328 e. The molecule has 1 fully saturated rings. The molecule has 4 rings (SSSR count). The average molecular weight is 447 g/mol. The predicted molar refractivity (Wildman–Crippen MR) is 114 cm³/mol. The summed E-state index contributed by atoms with van der Waals surface area (Å²) >= 11 is 6.15. The largest absolute Gasteiger partial charge is 0.328 e. The zero-order valence-corrected chi connectivity index (χ0v) is 18.6. The molecule has 0 bridgehead atoms. The van der Waals surface area contributed by atoms with E-state index in [1.54, 1.807) is 11.7 Å². The van der Waals surface area contributed by atoms with E-state index in [0.29, 0.717) is 12.5 Å². The standard InChI is InChI=1S/C21H24ClFN6O2/c1-5-9-27-17-18(24-20(27)29-13(3)10-12(2)25-29)26(4)21(31)28(19(17)30)11-14-15(22)7-6-8-16(14)23/h6-8,10,17-18H,5,9,11H2,1-4H3. The van der Waals surface area contributed by atoms with Crippen LogP contribution < -0.4 is 0 Å². The number of imide groups is 1. The van der Waals surface area contributed by atoms with E-state index in [9.17, 15) is 14.0 Å². The van der Waals surface area contributed by atoms with E-state index in [1.807, 2.05) is 31.7 Å². The Bertz CT molecular complexity index is 1060. The fraction of sp³-hybridized carbons (Fsp3) is 0.429. The highest BCUT2D eigenvalue weighted by Gasteiger charge is 2.52. The number of likely N-dealkylation sites (N-methyl/N-ethyl adjacent to an activating group) is 1. The summed E-state index contributed by atoms with van der Waals surface area (Å²) < 4.78 is 16.1. The molecule has 31 heavy (non-hydrogen) atoms. The lowest BCUT2D eigenvalue weighted by Crippen LogP contribution is -2.65. The predicted octanol–water partition coefficient (Wildman–Crippen LogP) is 3.01. The van der Waals surface area contributed by atoms with E-state index in [4.69, 9.17) is 16.6 Å². The van der Waals surface area contributed by atoms with E-state index in [1.165, 1.54) is 23.1 Å². The monoisotopic (exact) mass is 446 g/mol. The minimum Gasteiger partial charge on any atom is -0.325 e. The first-order chi connectivity index (χ1) is 14.7. The molecule has 10 heteroatoms. The first kappa shape index (κ1) is 21.3. The highest BCUT2D eigenvalue weighted by Crippen LogP contribution is 2.31. The van der Waals surface area contributed by atoms with Crippen molar-refractivity contribution in [2.75, 3.05) is 13.6 Å². The molecule has 2 aliphatic heterocycles. The third-order valence-corrected chi connectivity index (χ3v) is 5.97. The number of aliphatic imine (C=N–C) groups is 1. The summed E-state index contributed by atoms with van der Waals surface area (Å²) in [6.45, 7) is 6.12. The summed E-state index contributed by atoms with van der Waals surface area (Å²) in [5.41, 5.74) is 1.82. The van der Waals surface area contributed by atoms with E-state index < -0.39 is 30.0 Å². The van der Waals surface area contributed by atoms with E-state index in [0.717, 1.165) is 22.7 Å². The van der Waals surface area contributed by atoms with Crippen molar-refractivity contribution in [2.45, 2.75) is 45.9 Å². The molecule has 8 nitrogen and oxygen atoms in total. The van der Waals surface area contributed by atoms with Crippen molar-refractivity contribution in [1.29, 1.82) is 0 Å². The first-order valence-electron chi connectivity index (χ1n) is 10.1. The van der Waals surface area contributed by atoms with Gasteiger partial charge in [0.25, 0.3) is 5.91 Å². The number of hydrogen-bond donors (Lipinski definition) is 0. The zero-order chi connectivity index (χ0) is 22.4. The van der Waals surface area contributed by atoms with Crippen LogP contribution in [0.5, 0.6) is 0 Å². The van der Waals surface area contributed by atoms with Gasteiger partial charge in [-0.15, -0.1) is 0 Å². The number of nitrogens with zero attached hydrogens (tertiary/aromatic N) is 6. The number of fused-ring (bicyclic) bond motifs is 1. The summed E-state index contributed by atoms with van der Waals surface area (Å²) in [7, 11) is 1.60. The van der Waals surface area contributed by atoms with Crippen molar-refractivity contribution in [2.24, 2.45) is 4.99 Å². The minimum absolute atomic E-state index is 0.109. The van der Waals surface area contributed by atoms with Crippen molar-refractivity contribution in [3.63, 3.8) is 0 Å². The topological polar surface area (TPSA) is 74.0 Å². The molecule has 0 saturated carbocycles. The SMILES string of the molecule is CCCN1C(n2nc(C)cc2C)=NC2C1C(=O)N(Cc1c(F)cccc1Cl)C(=O)N2C. The summed E-state index contributed by atoms with van der Waals surface area (Å²) in [6.07, 6.45) is 0.0869. The molecular weight excluding hydrogens is 423 g/mol. The van der Waals surface area contributed by atoms with Crippen molar-refractivity contribution >= 4 is 29.5 Å². The van der Waals surface area contributed by atoms with Gasteiger partial charge in [-0.1, -0.05) is 24.6 Å². The summed E-state index contributed by atoms with van der Waals surface area (Å²) in [6, 6.07) is 4.95. The first-order valence-corrected chi connectivity index (χ1v) is 10.5. The number of urea groups is 1. The van der Waals surface area contributed by atoms with Gasteiger partial charge in [-0.25, -0.2) is 18.9 Å². The molecule has 2 aliphatic rings. The molecule has 164 valence electrons. The van der Waals surface area contributed by atoms with E-state index in [2.05, 4.69) is 5.10 Å². The Morgan fingerprint density at radius 2 is 1.97 bits per heavy atom. The Balaban J connectivity index is 1.72. The van der Waals surface area contributed by atoms with Crippen molar-refractivity contribution < 1.29 is 14.0 Å². The Morgan fingerprint density at radius 1 is 1.23 bits per heavy atom. The third kappa shape index (κ3) is 3.46. The van der Waals surface area contributed by atoms with Crippen molar-refractivity contribution in [3.8, 4) is 0 Å². The van der Waals surface area contributed by atoms with Gasteiger partial charge in [0, 0.05) is 29.9 Å². The number of aryl methyl sites for hydroxylation is 2. The zero-order valence-electron chi connectivity index (χ0n) is 17.8. The van der Waals surface area contributed by atoms with Gasteiger partial charge in [0.05, 0.1) is 12.2 Å². The second-order valence-electron chi connectivity index (χ2n) is 7.84. The number of halogens is 2. The van der Waals surface area contributed by atoms with Crippen molar-refractivity contribution in [3.05, 3.63) is 52.1 Å². The molecule has 2 unspecified atom stereocenters. The molecule has 2 atom stereocenters. The van der Waals surface area contributed by atoms with Crippen LogP contribution in [0.2, 0.25) is 5.02 Å². The van der Waals surface area contributed by atoms with Gasteiger partial charge in [0.2, 0.25) is 5.96 Å². The number of carbonyl (C=O) groups excluding carboxylic acids is 2. The van der Waals surface area contributed by atoms with Gasteiger partial charge in [-0.05, 0) is 38.5 Å². The average Bonchev–Trinajstić information content (AvgIpc) is 3.25. The Labute approximate surface area is 184 Å². The quantitative estimate of drug-likeness (QED) is 0.723. The second kappa shape index (κ2) is 7.96. The number of hydrogen-bond acceptors (Lipinski definition) is 5. The van der Waals surface area contributed by atoms with Crippen LogP contribution in [0.15, 0.2) is 29.3 Å².